The van der Waals surface area contributed by atoms with Gasteiger partial charge in [0.25, 0.3) is 12.1 Å². The summed E-state index contributed by atoms with van der Waals surface area (Å²) in [6.07, 6.45) is -3.30. The van der Waals surface area contributed by atoms with Gasteiger partial charge in [0.15, 0.2) is 0 Å². The van der Waals surface area contributed by atoms with E-state index in [9.17, 15) is 23.7 Å². The number of nitrogens with zero attached hydrogens (tertiary/aromatic N) is 1. The Morgan fingerprint density at radius 3 is 2.88 bits per heavy atom. The molecule has 1 saturated heterocycles. The second-order valence-corrected chi connectivity index (χ2v) is 5.03. The molecule has 0 aliphatic carbocycles. The van der Waals surface area contributed by atoms with Crippen molar-refractivity contribution in [2.75, 3.05) is 32.2 Å². The summed E-state index contributed by atoms with van der Waals surface area (Å²) in [7, 11) is 1.19. The molecule has 0 spiro atoms. The van der Waals surface area contributed by atoms with E-state index in [2.05, 4.69) is 10.1 Å². The molecule has 24 heavy (non-hydrogen) atoms. The Morgan fingerprint density at radius 2 is 2.25 bits per heavy atom. The molecule has 0 saturated carbocycles. The lowest BCUT2D eigenvalue weighted by Crippen LogP contribution is -2.35. The summed E-state index contributed by atoms with van der Waals surface area (Å²) in [4.78, 5) is 22.1. The SMILES string of the molecule is COC(=O)c1ccc([N+](=O)[O-])c(N[C@@H]2COC[C@@H]2OCC(F)F)c1. The largest absolute Gasteiger partial charge is 0.465 e. The van der Waals surface area contributed by atoms with Crippen LogP contribution in [0.3, 0.4) is 0 Å². The van der Waals surface area contributed by atoms with Crippen LogP contribution in [0.15, 0.2) is 18.2 Å². The number of rotatable bonds is 7. The number of carbonyl (C=O) groups excluding carboxylic acids is 1. The van der Waals surface area contributed by atoms with Crippen molar-refractivity contribution >= 4 is 17.3 Å². The highest BCUT2D eigenvalue weighted by Gasteiger charge is 2.31. The Bertz CT molecular complexity index is 613. The number of halogens is 2. The zero-order valence-corrected chi connectivity index (χ0v) is 12.7. The van der Waals surface area contributed by atoms with Gasteiger partial charge in [-0.25, -0.2) is 13.6 Å². The first-order chi connectivity index (χ1) is 11.4. The van der Waals surface area contributed by atoms with Gasteiger partial charge in [0, 0.05) is 6.07 Å². The molecule has 0 radical (unpaired) electrons. The van der Waals surface area contributed by atoms with Crippen molar-refractivity contribution in [1.82, 2.24) is 0 Å². The molecule has 1 aliphatic heterocycles. The number of nitro benzene ring substituents is 1. The summed E-state index contributed by atoms with van der Waals surface area (Å²) in [6.45, 7) is -0.529. The maximum absolute atomic E-state index is 12.3. The number of anilines is 1. The van der Waals surface area contributed by atoms with Crippen LogP contribution in [0.5, 0.6) is 0 Å². The average Bonchev–Trinajstić information content (AvgIpc) is 2.99. The molecule has 1 aromatic carbocycles. The maximum Gasteiger partial charge on any atom is 0.337 e. The second-order valence-electron chi connectivity index (χ2n) is 5.03. The fraction of sp³-hybridized carbons (Fsp3) is 0.500. The van der Waals surface area contributed by atoms with Gasteiger partial charge in [-0.3, -0.25) is 10.1 Å². The Balaban J connectivity index is 2.19. The van der Waals surface area contributed by atoms with Crippen molar-refractivity contribution in [3.63, 3.8) is 0 Å². The molecule has 0 aromatic heterocycles. The first kappa shape index (κ1) is 18.0. The van der Waals surface area contributed by atoms with Crippen LogP contribution in [0.4, 0.5) is 20.2 Å². The van der Waals surface area contributed by atoms with Gasteiger partial charge >= 0.3 is 5.97 Å². The van der Waals surface area contributed by atoms with Crippen LogP contribution in [-0.4, -0.2) is 56.4 Å². The number of hydrogen-bond donors (Lipinski definition) is 1. The number of nitro groups is 1. The summed E-state index contributed by atoms with van der Waals surface area (Å²) >= 11 is 0. The van der Waals surface area contributed by atoms with Gasteiger partial charge in [0.05, 0.1) is 36.9 Å². The Kier molecular flexibility index (Phi) is 5.99. The molecule has 1 fully saturated rings. The normalized spacial score (nSPS) is 20.2. The number of benzene rings is 1. The van der Waals surface area contributed by atoms with E-state index in [4.69, 9.17) is 9.47 Å². The second kappa shape index (κ2) is 7.97. The molecule has 1 heterocycles. The summed E-state index contributed by atoms with van der Waals surface area (Å²) < 4.78 is 39.3. The van der Waals surface area contributed by atoms with Gasteiger partial charge in [-0.15, -0.1) is 0 Å². The highest BCUT2D eigenvalue weighted by Crippen LogP contribution is 2.28. The smallest absolute Gasteiger partial charge is 0.337 e. The van der Waals surface area contributed by atoms with Crippen LogP contribution >= 0.6 is 0 Å². The number of ether oxygens (including phenoxy) is 3. The lowest BCUT2D eigenvalue weighted by Gasteiger charge is -2.20. The summed E-state index contributed by atoms with van der Waals surface area (Å²) in [5, 5.41) is 14.0. The summed E-state index contributed by atoms with van der Waals surface area (Å²) in [5.74, 6) is -0.652. The minimum absolute atomic E-state index is 0.0593. The minimum atomic E-state index is -2.62. The number of alkyl halides is 2. The fourth-order valence-electron chi connectivity index (χ4n) is 2.29. The van der Waals surface area contributed by atoms with Crippen molar-refractivity contribution in [2.45, 2.75) is 18.6 Å². The van der Waals surface area contributed by atoms with E-state index >= 15 is 0 Å². The number of hydrogen-bond acceptors (Lipinski definition) is 7. The monoisotopic (exact) mass is 346 g/mol. The van der Waals surface area contributed by atoms with E-state index in [-0.39, 0.29) is 30.2 Å². The van der Waals surface area contributed by atoms with E-state index in [0.717, 1.165) is 0 Å². The van der Waals surface area contributed by atoms with Gasteiger partial charge in [-0.1, -0.05) is 0 Å². The van der Waals surface area contributed by atoms with Crippen LogP contribution in [0.2, 0.25) is 0 Å². The first-order valence-electron chi connectivity index (χ1n) is 7.03. The molecule has 1 aliphatic rings. The molecule has 2 rings (SSSR count). The van der Waals surface area contributed by atoms with E-state index in [0.29, 0.717) is 0 Å². The predicted octanol–water partition coefficient (Wildman–Crippen LogP) is 1.84. The van der Waals surface area contributed by atoms with E-state index in [1.165, 1.54) is 25.3 Å². The number of carbonyl (C=O) groups is 1. The molecule has 1 N–H and O–H groups in total. The van der Waals surface area contributed by atoms with Crippen molar-refractivity contribution < 1.29 is 32.7 Å². The third-order valence-electron chi connectivity index (χ3n) is 3.42. The number of methoxy groups -OCH3 is 1. The molecule has 0 amide bonds. The van der Waals surface area contributed by atoms with Crippen molar-refractivity contribution in [3.05, 3.63) is 33.9 Å². The van der Waals surface area contributed by atoms with Crippen LogP contribution in [-0.2, 0) is 14.2 Å². The highest BCUT2D eigenvalue weighted by molar-refractivity contribution is 5.91. The molecular weight excluding hydrogens is 330 g/mol. The van der Waals surface area contributed by atoms with Crippen LogP contribution in [0.1, 0.15) is 10.4 Å². The first-order valence-corrected chi connectivity index (χ1v) is 7.03. The van der Waals surface area contributed by atoms with Crippen LogP contribution in [0, 0.1) is 10.1 Å². The molecule has 10 heteroatoms. The number of nitrogens with one attached hydrogen (secondary N) is 1. The standard InChI is InChI=1S/C14H16F2N2O6/c1-22-14(19)8-2-3-11(18(20)21)9(4-8)17-10-5-23-6-12(10)24-7-13(15)16/h2-4,10,12-13,17H,5-7H2,1H3/t10-,12+/m1/s1. The van der Waals surface area contributed by atoms with E-state index in [1.807, 2.05) is 0 Å². The minimum Gasteiger partial charge on any atom is -0.465 e. The van der Waals surface area contributed by atoms with Gasteiger partial charge in [0.2, 0.25) is 0 Å². The van der Waals surface area contributed by atoms with E-state index < -0.39 is 36.1 Å². The van der Waals surface area contributed by atoms with Crippen LogP contribution in [0.25, 0.3) is 0 Å². The lowest BCUT2D eigenvalue weighted by atomic mass is 10.1. The molecule has 0 unspecified atom stereocenters. The molecule has 2 atom stereocenters. The Labute approximate surface area is 135 Å². The Morgan fingerprint density at radius 1 is 1.50 bits per heavy atom. The Hall–Kier alpha value is -2.33. The van der Waals surface area contributed by atoms with Gasteiger partial charge in [0.1, 0.15) is 18.4 Å². The van der Waals surface area contributed by atoms with Gasteiger partial charge in [-0.05, 0) is 12.1 Å². The zero-order chi connectivity index (χ0) is 17.7. The lowest BCUT2D eigenvalue weighted by molar-refractivity contribution is -0.384. The van der Waals surface area contributed by atoms with Crippen molar-refractivity contribution in [2.24, 2.45) is 0 Å². The van der Waals surface area contributed by atoms with Crippen LogP contribution < -0.4 is 5.32 Å². The van der Waals surface area contributed by atoms with E-state index in [1.54, 1.807) is 0 Å². The van der Waals surface area contributed by atoms with Crippen molar-refractivity contribution in [1.29, 1.82) is 0 Å². The predicted molar refractivity (Wildman–Crippen MR) is 78.4 cm³/mol. The fourth-order valence-corrected chi connectivity index (χ4v) is 2.29. The quantitative estimate of drug-likeness (QED) is 0.457. The molecule has 0 bridgehead atoms. The molecular formula is C14H16F2N2O6. The van der Waals surface area contributed by atoms with Crippen molar-refractivity contribution in [3.8, 4) is 0 Å². The molecule has 8 nitrogen and oxygen atoms in total. The average molecular weight is 346 g/mol. The third kappa shape index (κ3) is 4.36. The zero-order valence-electron chi connectivity index (χ0n) is 12.7. The summed E-state index contributed by atoms with van der Waals surface area (Å²) in [5.41, 5.74) is -0.0826. The van der Waals surface area contributed by atoms with Gasteiger partial charge in [-0.2, -0.15) is 0 Å². The van der Waals surface area contributed by atoms with Gasteiger partial charge < -0.3 is 19.5 Å². The topological polar surface area (TPSA) is 99.9 Å². The third-order valence-corrected chi connectivity index (χ3v) is 3.42. The maximum atomic E-state index is 12.3. The number of esters is 1. The molecule has 1 aromatic rings. The summed E-state index contributed by atoms with van der Waals surface area (Å²) in [6, 6.07) is 3.15. The highest BCUT2D eigenvalue weighted by atomic mass is 19.3. The molecule has 132 valence electrons.